The highest BCUT2D eigenvalue weighted by molar-refractivity contribution is 5.73. The van der Waals surface area contributed by atoms with Crippen LogP contribution in [0.4, 0.5) is 5.82 Å². The zero-order valence-corrected chi connectivity index (χ0v) is 9.70. The van der Waals surface area contributed by atoms with E-state index in [-0.39, 0.29) is 11.7 Å². The molecule has 1 aliphatic rings. The van der Waals surface area contributed by atoms with Gasteiger partial charge in [-0.2, -0.15) is 0 Å². The van der Waals surface area contributed by atoms with E-state index in [9.17, 15) is 14.9 Å². The number of aryl methyl sites for hydroxylation is 1. The molecule has 1 atom stereocenters. The van der Waals surface area contributed by atoms with Crippen LogP contribution in [0, 0.1) is 23.0 Å². The molecule has 7 nitrogen and oxygen atoms in total. The Hall–Kier alpha value is -2.18. The molecule has 1 heterocycles. The minimum absolute atomic E-state index is 0.0663. The molecule has 7 heteroatoms. The average Bonchev–Trinajstić information content (AvgIpc) is 3.10. The maximum Gasteiger partial charge on any atom is 0.406 e. The van der Waals surface area contributed by atoms with Crippen LogP contribution in [0.1, 0.15) is 18.5 Å². The SMILES string of the molecule is Cc1ccc(OC(C(=O)O)C2CC2)c([N+](=O)[O-])n1. The van der Waals surface area contributed by atoms with Crippen molar-refractivity contribution in [2.75, 3.05) is 0 Å². The highest BCUT2D eigenvalue weighted by Crippen LogP contribution is 2.36. The first-order chi connectivity index (χ1) is 8.49. The summed E-state index contributed by atoms with van der Waals surface area (Å²) in [6.07, 6.45) is 0.502. The first-order valence-electron chi connectivity index (χ1n) is 5.50. The van der Waals surface area contributed by atoms with Gasteiger partial charge in [0.1, 0.15) is 5.69 Å². The molecule has 1 fully saturated rings. The summed E-state index contributed by atoms with van der Waals surface area (Å²) in [7, 11) is 0. The minimum Gasteiger partial charge on any atom is -0.478 e. The predicted molar refractivity (Wildman–Crippen MR) is 60.4 cm³/mol. The van der Waals surface area contributed by atoms with Gasteiger partial charge < -0.3 is 20.0 Å². The van der Waals surface area contributed by atoms with Crippen molar-refractivity contribution in [1.29, 1.82) is 0 Å². The van der Waals surface area contributed by atoms with E-state index in [1.54, 1.807) is 13.0 Å². The number of carbonyl (C=O) groups is 1. The van der Waals surface area contributed by atoms with Crippen LogP contribution < -0.4 is 4.74 Å². The maximum atomic E-state index is 11.0. The quantitative estimate of drug-likeness (QED) is 0.629. The number of carboxylic acid groups (broad SMARTS) is 1. The number of ether oxygens (including phenoxy) is 1. The van der Waals surface area contributed by atoms with Crippen LogP contribution in [0.15, 0.2) is 12.1 Å². The maximum absolute atomic E-state index is 11.0. The topological polar surface area (TPSA) is 103 Å². The van der Waals surface area contributed by atoms with Crippen molar-refractivity contribution in [3.63, 3.8) is 0 Å². The third-order valence-corrected chi connectivity index (χ3v) is 2.70. The van der Waals surface area contributed by atoms with Crippen molar-refractivity contribution in [1.82, 2.24) is 4.98 Å². The molecule has 0 amide bonds. The number of hydrogen-bond donors (Lipinski definition) is 1. The molecule has 0 aromatic carbocycles. The van der Waals surface area contributed by atoms with Crippen LogP contribution in [0.2, 0.25) is 0 Å². The highest BCUT2D eigenvalue weighted by atomic mass is 16.6. The number of carboxylic acids is 1. The molecule has 0 aliphatic heterocycles. The Morgan fingerprint density at radius 2 is 2.28 bits per heavy atom. The fourth-order valence-corrected chi connectivity index (χ4v) is 1.64. The van der Waals surface area contributed by atoms with Gasteiger partial charge in [-0.25, -0.2) is 4.79 Å². The lowest BCUT2D eigenvalue weighted by Gasteiger charge is -2.13. The number of aliphatic carboxylic acids is 1. The lowest BCUT2D eigenvalue weighted by Crippen LogP contribution is -2.29. The smallest absolute Gasteiger partial charge is 0.406 e. The molecule has 0 radical (unpaired) electrons. The summed E-state index contributed by atoms with van der Waals surface area (Å²) in [6.45, 7) is 1.62. The molecule has 96 valence electrons. The van der Waals surface area contributed by atoms with E-state index in [2.05, 4.69) is 4.98 Å². The van der Waals surface area contributed by atoms with Crippen molar-refractivity contribution < 1.29 is 19.6 Å². The summed E-state index contributed by atoms with van der Waals surface area (Å²) >= 11 is 0. The van der Waals surface area contributed by atoms with Crippen molar-refractivity contribution in [2.24, 2.45) is 5.92 Å². The van der Waals surface area contributed by atoms with Crippen LogP contribution in [-0.4, -0.2) is 27.1 Å². The van der Waals surface area contributed by atoms with Gasteiger partial charge in [-0.15, -0.1) is 0 Å². The molecular weight excluding hydrogens is 240 g/mol. The first kappa shape index (κ1) is 12.3. The summed E-state index contributed by atoms with van der Waals surface area (Å²) in [4.78, 5) is 24.9. The normalized spacial score (nSPS) is 16.1. The Labute approximate surface area is 103 Å². The summed E-state index contributed by atoms with van der Waals surface area (Å²) in [5.41, 5.74) is 0.479. The molecule has 1 aliphatic carbocycles. The molecule has 0 saturated heterocycles. The minimum atomic E-state index is -1.10. The van der Waals surface area contributed by atoms with Gasteiger partial charge in [0.2, 0.25) is 5.75 Å². The van der Waals surface area contributed by atoms with Crippen LogP contribution in [0.25, 0.3) is 0 Å². The third kappa shape index (κ3) is 2.55. The van der Waals surface area contributed by atoms with Crippen molar-refractivity contribution in [3.05, 3.63) is 27.9 Å². The van der Waals surface area contributed by atoms with E-state index < -0.39 is 22.8 Å². The van der Waals surface area contributed by atoms with Gasteiger partial charge in [0.25, 0.3) is 0 Å². The van der Waals surface area contributed by atoms with E-state index in [1.165, 1.54) is 6.07 Å². The Kier molecular flexibility index (Phi) is 3.14. The van der Waals surface area contributed by atoms with Gasteiger partial charge in [-0.3, -0.25) is 0 Å². The highest BCUT2D eigenvalue weighted by Gasteiger charge is 2.39. The molecule has 1 saturated carbocycles. The molecule has 2 rings (SSSR count). The Bertz CT molecular complexity index is 498. The number of nitrogens with zero attached hydrogens (tertiary/aromatic N) is 2. The van der Waals surface area contributed by atoms with Crippen LogP contribution >= 0.6 is 0 Å². The van der Waals surface area contributed by atoms with Gasteiger partial charge in [0.15, 0.2) is 6.10 Å². The van der Waals surface area contributed by atoms with E-state index in [1.807, 2.05) is 0 Å². The third-order valence-electron chi connectivity index (χ3n) is 2.70. The van der Waals surface area contributed by atoms with Gasteiger partial charge >= 0.3 is 11.8 Å². The first-order valence-corrected chi connectivity index (χ1v) is 5.50. The van der Waals surface area contributed by atoms with Crippen molar-refractivity contribution in [2.45, 2.75) is 25.9 Å². The summed E-state index contributed by atoms with van der Waals surface area (Å²) in [5, 5.41) is 19.8. The molecule has 1 N–H and O–H groups in total. The number of hydrogen-bond acceptors (Lipinski definition) is 5. The summed E-state index contributed by atoms with van der Waals surface area (Å²) in [6, 6.07) is 2.94. The van der Waals surface area contributed by atoms with Crippen LogP contribution in [-0.2, 0) is 4.79 Å². The second kappa shape index (κ2) is 4.59. The van der Waals surface area contributed by atoms with Crippen molar-refractivity contribution >= 4 is 11.8 Å². The Balaban J connectivity index is 2.27. The number of aromatic nitrogens is 1. The zero-order valence-electron chi connectivity index (χ0n) is 9.70. The van der Waals surface area contributed by atoms with Crippen LogP contribution in [0.5, 0.6) is 5.75 Å². The predicted octanol–water partition coefficient (Wildman–Crippen LogP) is 1.54. The molecule has 1 aromatic rings. The van der Waals surface area contributed by atoms with E-state index in [0.29, 0.717) is 5.69 Å². The average molecular weight is 252 g/mol. The summed E-state index contributed by atoms with van der Waals surface area (Å²) < 4.78 is 5.24. The molecular formula is C11H12N2O5. The van der Waals surface area contributed by atoms with E-state index >= 15 is 0 Å². The van der Waals surface area contributed by atoms with Gasteiger partial charge in [0, 0.05) is 12.8 Å². The van der Waals surface area contributed by atoms with Crippen molar-refractivity contribution in [3.8, 4) is 5.75 Å². The Morgan fingerprint density at radius 1 is 1.61 bits per heavy atom. The standard InChI is InChI=1S/C11H12N2O5/c1-6-2-5-8(10(12-6)13(16)17)18-9(11(14)15)7-3-4-7/h2,5,7,9H,3-4H2,1H3,(H,14,15). The molecule has 1 unspecified atom stereocenters. The van der Waals surface area contributed by atoms with Gasteiger partial charge in [0.05, 0.1) is 0 Å². The largest absolute Gasteiger partial charge is 0.478 e. The lowest BCUT2D eigenvalue weighted by molar-refractivity contribution is -0.390. The monoisotopic (exact) mass is 252 g/mol. The molecule has 0 bridgehead atoms. The van der Waals surface area contributed by atoms with Gasteiger partial charge in [-0.05, 0) is 34.9 Å². The number of rotatable bonds is 5. The van der Waals surface area contributed by atoms with Crippen LogP contribution in [0.3, 0.4) is 0 Å². The zero-order chi connectivity index (χ0) is 13.3. The molecule has 1 aromatic heterocycles. The second-order valence-corrected chi connectivity index (χ2v) is 4.25. The molecule has 0 spiro atoms. The fourth-order valence-electron chi connectivity index (χ4n) is 1.64. The fraction of sp³-hybridized carbons (Fsp3) is 0.455. The van der Waals surface area contributed by atoms with E-state index in [0.717, 1.165) is 12.8 Å². The molecule has 18 heavy (non-hydrogen) atoms. The number of pyridine rings is 1. The summed E-state index contributed by atoms with van der Waals surface area (Å²) in [5.74, 6) is -1.71. The number of nitro groups is 1. The van der Waals surface area contributed by atoms with E-state index in [4.69, 9.17) is 9.84 Å². The lowest BCUT2D eigenvalue weighted by atomic mass is 10.2. The van der Waals surface area contributed by atoms with Gasteiger partial charge in [-0.1, -0.05) is 0 Å². The Morgan fingerprint density at radius 3 is 2.78 bits per heavy atom. The second-order valence-electron chi connectivity index (χ2n) is 4.25.